The summed E-state index contributed by atoms with van der Waals surface area (Å²) in [6.45, 7) is 12.2. The first-order valence-electron chi connectivity index (χ1n) is 8.70. The van der Waals surface area contributed by atoms with Crippen molar-refractivity contribution in [2.45, 2.75) is 34.1 Å². The van der Waals surface area contributed by atoms with E-state index in [0.717, 1.165) is 6.42 Å². The summed E-state index contributed by atoms with van der Waals surface area (Å²) in [6.07, 6.45) is 2.58. The number of amides is 1. The van der Waals surface area contributed by atoms with Crippen molar-refractivity contribution >= 4 is 12.1 Å². The van der Waals surface area contributed by atoms with Crippen LogP contribution in [-0.4, -0.2) is 64.9 Å². The minimum Gasteiger partial charge on any atom is -0.396 e. The monoisotopic (exact) mass is 346 g/mol. The predicted octanol–water partition coefficient (Wildman–Crippen LogP) is 1.86. The molecule has 0 fully saturated rings. The van der Waals surface area contributed by atoms with Crippen LogP contribution in [0.2, 0.25) is 0 Å². The van der Waals surface area contributed by atoms with Crippen LogP contribution in [0.4, 0.5) is 0 Å². The van der Waals surface area contributed by atoms with E-state index >= 15 is 0 Å². The Morgan fingerprint density at radius 3 is 2.08 bits per heavy atom. The highest BCUT2D eigenvalue weighted by atomic mass is 16.6. The molecule has 0 atom stereocenters. The van der Waals surface area contributed by atoms with Gasteiger partial charge in [-0.1, -0.05) is 32.9 Å². The molecule has 1 amide bonds. The lowest BCUT2D eigenvalue weighted by molar-refractivity contribution is -0.124. The average Bonchev–Trinajstić information content (AvgIpc) is 2.53. The van der Waals surface area contributed by atoms with E-state index in [0.29, 0.717) is 58.7 Å². The van der Waals surface area contributed by atoms with Crippen molar-refractivity contribution in [1.82, 2.24) is 5.32 Å². The Labute approximate surface area is 146 Å². The highest BCUT2D eigenvalue weighted by molar-refractivity contribution is 5.77. The zero-order valence-corrected chi connectivity index (χ0v) is 15.6. The molecule has 1 N–H and O–H groups in total. The lowest BCUT2D eigenvalue weighted by Crippen LogP contribution is -2.31. The van der Waals surface area contributed by atoms with Gasteiger partial charge in [0.1, 0.15) is 6.61 Å². The Balaban J connectivity index is 3.11. The number of hydrogen-bond donors (Lipinski definition) is 1. The summed E-state index contributed by atoms with van der Waals surface area (Å²) in [5.41, 5.74) is 0. The third-order valence-electron chi connectivity index (χ3n) is 2.77. The van der Waals surface area contributed by atoms with Gasteiger partial charge in [0.2, 0.25) is 5.91 Å². The summed E-state index contributed by atoms with van der Waals surface area (Å²) >= 11 is 0. The van der Waals surface area contributed by atoms with Gasteiger partial charge in [-0.2, -0.15) is 0 Å². The van der Waals surface area contributed by atoms with Gasteiger partial charge in [-0.3, -0.25) is 4.79 Å². The van der Waals surface area contributed by atoms with E-state index in [1.807, 2.05) is 27.7 Å². The zero-order valence-electron chi connectivity index (χ0n) is 15.6. The van der Waals surface area contributed by atoms with E-state index in [2.05, 4.69) is 10.5 Å². The molecule has 7 nitrogen and oxygen atoms in total. The molecule has 0 saturated heterocycles. The molecule has 0 radical (unpaired) electrons. The molecule has 0 heterocycles. The number of nitrogens with one attached hydrogen (secondary N) is 1. The summed E-state index contributed by atoms with van der Waals surface area (Å²) in [6, 6.07) is 0. The maximum absolute atomic E-state index is 11.3. The van der Waals surface area contributed by atoms with Crippen LogP contribution in [0.3, 0.4) is 0 Å². The molecular weight excluding hydrogens is 312 g/mol. The van der Waals surface area contributed by atoms with E-state index in [1.54, 1.807) is 6.21 Å². The molecule has 24 heavy (non-hydrogen) atoms. The summed E-state index contributed by atoms with van der Waals surface area (Å²) in [5.74, 6) is 0.456. The Bertz CT molecular complexity index is 322. The zero-order chi connectivity index (χ0) is 18.0. The standard InChI is InChI=1S/C17H34N2O5/c1-15(2)14-19-24-8-5-7-21-10-12-23-13-11-22-9-6-18-17(20)16(3)4/h14-16H,5-13H2,1-4H3,(H,18,20)/b19-14+. The third kappa shape index (κ3) is 17.2. The SMILES string of the molecule is CC(C)/C=N/OCCCOCCOCCOCCNC(=O)C(C)C. The molecule has 0 saturated carbocycles. The first-order chi connectivity index (χ1) is 11.5. The molecule has 0 aliphatic rings. The van der Waals surface area contributed by atoms with E-state index < -0.39 is 0 Å². The van der Waals surface area contributed by atoms with Crippen LogP contribution in [0.5, 0.6) is 0 Å². The average molecular weight is 346 g/mol. The fraction of sp³-hybridized carbons (Fsp3) is 0.882. The fourth-order valence-corrected chi connectivity index (χ4v) is 1.44. The fourth-order valence-electron chi connectivity index (χ4n) is 1.44. The second-order valence-electron chi connectivity index (χ2n) is 5.97. The summed E-state index contributed by atoms with van der Waals surface area (Å²) in [5, 5.41) is 6.62. The molecular formula is C17H34N2O5. The van der Waals surface area contributed by atoms with E-state index in [1.165, 1.54) is 0 Å². The number of rotatable bonds is 16. The van der Waals surface area contributed by atoms with Gasteiger partial charge in [-0.15, -0.1) is 0 Å². The smallest absolute Gasteiger partial charge is 0.222 e. The molecule has 0 aliphatic carbocycles. The van der Waals surface area contributed by atoms with Gasteiger partial charge in [0.15, 0.2) is 0 Å². The maximum Gasteiger partial charge on any atom is 0.222 e. The summed E-state index contributed by atoms with van der Waals surface area (Å²) in [7, 11) is 0. The van der Waals surface area contributed by atoms with Crippen molar-refractivity contribution in [3.05, 3.63) is 0 Å². The Hall–Kier alpha value is -1.18. The van der Waals surface area contributed by atoms with E-state index in [4.69, 9.17) is 19.0 Å². The number of carbonyl (C=O) groups excluding carboxylic acids is 1. The van der Waals surface area contributed by atoms with Gasteiger partial charge >= 0.3 is 0 Å². The normalized spacial score (nSPS) is 11.6. The minimum atomic E-state index is 0.00710. The van der Waals surface area contributed by atoms with Crippen LogP contribution in [0.1, 0.15) is 34.1 Å². The molecule has 0 aromatic heterocycles. The quantitative estimate of drug-likeness (QED) is 0.262. The first kappa shape index (κ1) is 22.8. The second kappa shape index (κ2) is 16.7. The van der Waals surface area contributed by atoms with Gasteiger partial charge in [0, 0.05) is 25.1 Å². The summed E-state index contributed by atoms with van der Waals surface area (Å²) < 4.78 is 16.1. The molecule has 0 rings (SSSR count). The van der Waals surface area contributed by atoms with Crippen molar-refractivity contribution in [3.63, 3.8) is 0 Å². The molecule has 142 valence electrons. The van der Waals surface area contributed by atoms with E-state index in [-0.39, 0.29) is 11.8 Å². The molecule has 0 aromatic rings. The van der Waals surface area contributed by atoms with Crippen LogP contribution in [0.25, 0.3) is 0 Å². The Morgan fingerprint density at radius 1 is 0.917 bits per heavy atom. The molecule has 0 spiro atoms. The largest absolute Gasteiger partial charge is 0.396 e. The van der Waals surface area contributed by atoms with E-state index in [9.17, 15) is 4.79 Å². The highest BCUT2D eigenvalue weighted by Gasteiger charge is 2.04. The molecule has 0 bridgehead atoms. The van der Waals surface area contributed by atoms with Crippen molar-refractivity contribution in [2.24, 2.45) is 17.0 Å². The van der Waals surface area contributed by atoms with Crippen LogP contribution in [0.15, 0.2) is 5.16 Å². The number of nitrogens with zero attached hydrogens (tertiary/aromatic N) is 1. The topological polar surface area (TPSA) is 78.4 Å². The van der Waals surface area contributed by atoms with Crippen LogP contribution < -0.4 is 5.32 Å². The molecule has 0 aromatic carbocycles. The number of ether oxygens (including phenoxy) is 3. The number of oxime groups is 1. The van der Waals surface area contributed by atoms with Crippen molar-refractivity contribution in [3.8, 4) is 0 Å². The van der Waals surface area contributed by atoms with Crippen molar-refractivity contribution < 1.29 is 23.8 Å². The van der Waals surface area contributed by atoms with Gasteiger partial charge in [-0.05, 0) is 5.92 Å². The van der Waals surface area contributed by atoms with Gasteiger partial charge in [-0.25, -0.2) is 0 Å². The Morgan fingerprint density at radius 2 is 1.50 bits per heavy atom. The van der Waals surface area contributed by atoms with Gasteiger partial charge in [0.25, 0.3) is 0 Å². The molecule has 0 aliphatic heterocycles. The lowest BCUT2D eigenvalue weighted by atomic mass is 10.2. The van der Waals surface area contributed by atoms with Crippen LogP contribution in [-0.2, 0) is 23.8 Å². The van der Waals surface area contributed by atoms with Gasteiger partial charge < -0.3 is 24.4 Å². The highest BCUT2D eigenvalue weighted by Crippen LogP contribution is 1.90. The lowest BCUT2D eigenvalue weighted by Gasteiger charge is -2.09. The Kier molecular flexibility index (Phi) is 15.9. The van der Waals surface area contributed by atoms with Crippen LogP contribution >= 0.6 is 0 Å². The molecule has 0 unspecified atom stereocenters. The summed E-state index contributed by atoms with van der Waals surface area (Å²) in [4.78, 5) is 16.4. The third-order valence-corrected chi connectivity index (χ3v) is 2.77. The van der Waals surface area contributed by atoms with Gasteiger partial charge in [0.05, 0.1) is 39.6 Å². The van der Waals surface area contributed by atoms with Crippen LogP contribution in [0, 0.1) is 11.8 Å². The number of hydrogen-bond acceptors (Lipinski definition) is 6. The second-order valence-corrected chi connectivity index (χ2v) is 5.97. The van der Waals surface area contributed by atoms with Crippen molar-refractivity contribution in [2.75, 3.05) is 52.8 Å². The first-order valence-corrected chi connectivity index (χ1v) is 8.70. The maximum atomic E-state index is 11.3. The number of carbonyl (C=O) groups is 1. The molecule has 7 heteroatoms. The van der Waals surface area contributed by atoms with Crippen molar-refractivity contribution in [1.29, 1.82) is 0 Å². The predicted molar refractivity (Wildman–Crippen MR) is 94.2 cm³/mol. The minimum absolute atomic E-state index is 0.00710.